The second kappa shape index (κ2) is 7.95. The highest BCUT2D eigenvalue weighted by atomic mass is 16.1. The largest absolute Gasteiger partial charge is 0.348 e. The molecular weight excluding hydrogens is 236 g/mol. The van der Waals surface area contributed by atoms with Gasteiger partial charge in [-0.15, -0.1) is 0 Å². The zero-order valence-corrected chi connectivity index (χ0v) is 12.5. The molecule has 3 nitrogen and oxygen atoms in total. The minimum Gasteiger partial charge on any atom is -0.348 e. The maximum absolute atomic E-state index is 12.2. The molecule has 0 aliphatic heterocycles. The lowest BCUT2D eigenvalue weighted by molar-refractivity contribution is 0.0910. The van der Waals surface area contributed by atoms with E-state index in [4.69, 9.17) is 0 Å². The molecule has 0 aromatic heterocycles. The van der Waals surface area contributed by atoms with Gasteiger partial charge in [-0.3, -0.25) is 4.79 Å². The van der Waals surface area contributed by atoms with Crippen LogP contribution in [0.25, 0.3) is 0 Å². The van der Waals surface area contributed by atoms with Gasteiger partial charge in [0.15, 0.2) is 0 Å². The first-order valence-electron chi connectivity index (χ1n) is 7.16. The standard InChI is InChI=1S/C16H26N2O/c1-5-18(6-2)12-15(13(3)4)17-16(19)14-10-8-7-9-11-14/h7-11,13,15H,5-6,12H2,1-4H3,(H,17,19)/t15-/m1/s1. The summed E-state index contributed by atoms with van der Waals surface area (Å²) in [6.45, 7) is 11.5. The van der Waals surface area contributed by atoms with Crippen molar-refractivity contribution in [1.29, 1.82) is 0 Å². The molecule has 0 radical (unpaired) electrons. The van der Waals surface area contributed by atoms with Crippen LogP contribution in [0.4, 0.5) is 0 Å². The molecule has 106 valence electrons. The minimum absolute atomic E-state index is 0.0199. The zero-order chi connectivity index (χ0) is 14.3. The number of nitrogens with one attached hydrogen (secondary N) is 1. The lowest BCUT2D eigenvalue weighted by Crippen LogP contribution is -2.46. The van der Waals surface area contributed by atoms with Crippen molar-refractivity contribution in [2.45, 2.75) is 33.7 Å². The van der Waals surface area contributed by atoms with Gasteiger partial charge in [-0.2, -0.15) is 0 Å². The summed E-state index contributed by atoms with van der Waals surface area (Å²) in [6, 6.07) is 9.60. The maximum Gasteiger partial charge on any atom is 0.251 e. The first-order valence-corrected chi connectivity index (χ1v) is 7.16. The topological polar surface area (TPSA) is 32.3 Å². The van der Waals surface area contributed by atoms with E-state index in [1.165, 1.54) is 0 Å². The predicted octanol–water partition coefficient (Wildman–Crippen LogP) is 2.78. The molecule has 0 spiro atoms. The molecule has 0 unspecified atom stereocenters. The summed E-state index contributed by atoms with van der Waals surface area (Å²) in [5.74, 6) is 0.444. The minimum atomic E-state index is 0.0199. The molecule has 0 bridgehead atoms. The second-order valence-corrected chi connectivity index (χ2v) is 5.18. The fourth-order valence-electron chi connectivity index (χ4n) is 2.02. The third-order valence-electron chi connectivity index (χ3n) is 3.51. The summed E-state index contributed by atoms with van der Waals surface area (Å²) in [5, 5.41) is 3.15. The number of carbonyl (C=O) groups excluding carboxylic acids is 1. The van der Waals surface area contributed by atoms with Gasteiger partial charge in [0, 0.05) is 18.2 Å². The van der Waals surface area contributed by atoms with E-state index in [0.717, 1.165) is 25.2 Å². The Hall–Kier alpha value is -1.35. The van der Waals surface area contributed by atoms with Gasteiger partial charge in [-0.05, 0) is 31.1 Å². The second-order valence-electron chi connectivity index (χ2n) is 5.18. The number of amides is 1. The first-order chi connectivity index (χ1) is 9.08. The summed E-state index contributed by atoms with van der Waals surface area (Å²) in [4.78, 5) is 14.5. The molecule has 1 aromatic rings. The van der Waals surface area contributed by atoms with Gasteiger partial charge in [0.25, 0.3) is 5.91 Å². The number of hydrogen-bond donors (Lipinski definition) is 1. The molecule has 0 fully saturated rings. The summed E-state index contributed by atoms with van der Waals surface area (Å²) < 4.78 is 0. The fraction of sp³-hybridized carbons (Fsp3) is 0.562. The van der Waals surface area contributed by atoms with Crippen molar-refractivity contribution < 1.29 is 4.79 Å². The van der Waals surface area contributed by atoms with Crippen molar-refractivity contribution in [2.75, 3.05) is 19.6 Å². The number of likely N-dealkylation sites (N-methyl/N-ethyl adjacent to an activating group) is 1. The van der Waals surface area contributed by atoms with Crippen LogP contribution in [-0.4, -0.2) is 36.5 Å². The van der Waals surface area contributed by atoms with Gasteiger partial charge in [0.1, 0.15) is 0 Å². The van der Waals surface area contributed by atoms with Crippen LogP contribution < -0.4 is 5.32 Å². The summed E-state index contributed by atoms with van der Waals surface area (Å²) in [5.41, 5.74) is 0.729. The molecule has 0 saturated carbocycles. The molecule has 0 aliphatic rings. The number of nitrogens with zero attached hydrogens (tertiary/aromatic N) is 1. The van der Waals surface area contributed by atoms with Crippen LogP contribution in [0.1, 0.15) is 38.1 Å². The van der Waals surface area contributed by atoms with Gasteiger partial charge in [-0.25, -0.2) is 0 Å². The Morgan fingerprint density at radius 3 is 2.21 bits per heavy atom. The Morgan fingerprint density at radius 1 is 1.16 bits per heavy atom. The van der Waals surface area contributed by atoms with E-state index in [-0.39, 0.29) is 11.9 Å². The molecule has 19 heavy (non-hydrogen) atoms. The highest BCUT2D eigenvalue weighted by Gasteiger charge is 2.19. The highest BCUT2D eigenvalue weighted by Crippen LogP contribution is 2.07. The van der Waals surface area contributed by atoms with Gasteiger partial charge in [0.05, 0.1) is 0 Å². The lowest BCUT2D eigenvalue weighted by atomic mass is 10.0. The van der Waals surface area contributed by atoms with Crippen LogP contribution in [0.3, 0.4) is 0 Å². The van der Waals surface area contributed by atoms with Gasteiger partial charge in [-0.1, -0.05) is 45.9 Å². The van der Waals surface area contributed by atoms with E-state index in [0.29, 0.717) is 5.92 Å². The van der Waals surface area contributed by atoms with E-state index in [2.05, 4.69) is 37.9 Å². The Balaban J connectivity index is 2.66. The quantitative estimate of drug-likeness (QED) is 0.819. The average molecular weight is 262 g/mol. The summed E-state index contributed by atoms with van der Waals surface area (Å²) in [7, 11) is 0. The maximum atomic E-state index is 12.2. The molecule has 1 amide bonds. The third-order valence-corrected chi connectivity index (χ3v) is 3.51. The van der Waals surface area contributed by atoms with E-state index in [1.54, 1.807) is 0 Å². The molecule has 0 saturated heterocycles. The Labute approximate surface area is 117 Å². The van der Waals surface area contributed by atoms with Crippen molar-refractivity contribution in [3.63, 3.8) is 0 Å². The van der Waals surface area contributed by atoms with Crippen LogP contribution in [-0.2, 0) is 0 Å². The first kappa shape index (κ1) is 15.7. The third kappa shape index (κ3) is 5.03. The Kier molecular flexibility index (Phi) is 6.57. The van der Waals surface area contributed by atoms with Crippen LogP contribution in [0.15, 0.2) is 30.3 Å². The molecule has 1 N–H and O–H groups in total. The number of carbonyl (C=O) groups is 1. The van der Waals surface area contributed by atoms with Crippen LogP contribution >= 0.6 is 0 Å². The summed E-state index contributed by atoms with van der Waals surface area (Å²) in [6.07, 6.45) is 0. The Morgan fingerprint density at radius 2 is 1.74 bits per heavy atom. The van der Waals surface area contributed by atoms with Crippen LogP contribution in [0.2, 0.25) is 0 Å². The molecular formula is C16H26N2O. The average Bonchev–Trinajstić information content (AvgIpc) is 2.43. The van der Waals surface area contributed by atoms with Gasteiger partial charge >= 0.3 is 0 Å². The van der Waals surface area contributed by atoms with Gasteiger partial charge in [0.2, 0.25) is 0 Å². The van der Waals surface area contributed by atoms with Crippen molar-refractivity contribution in [1.82, 2.24) is 10.2 Å². The van der Waals surface area contributed by atoms with Crippen LogP contribution in [0, 0.1) is 5.92 Å². The van der Waals surface area contributed by atoms with Crippen molar-refractivity contribution in [3.8, 4) is 0 Å². The van der Waals surface area contributed by atoms with E-state index in [1.807, 2.05) is 30.3 Å². The molecule has 1 aromatic carbocycles. The fourth-order valence-corrected chi connectivity index (χ4v) is 2.02. The lowest BCUT2D eigenvalue weighted by Gasteiger charge is -2.28. The highest BCUT2D eigenvalue weighted by molar-refractivity contribution is 5.94. The van der Waals surface area contributed by atoms with Crippen molar-refractivity contribution in [3.05, 3.63) is 35.9 Å². The SMILES string of the molecule is CCN(CC)C[C@@H](NC(=O)c1ccccc1)C(C)C. The zero-order valence-electron chi connectivity index (χ0n) is 12.5. The molecule has 1 rings (SSSR count). The molecule has 0 heterocycles. The van der Waals surface area contributed by atoms with Crippen molar-refractivity contribution >= 4 is 5.91 Å². The number of hydrogen-bond acceptors (Lipinski definition) is 2. The molecule has 1 atom stereocenters. The van der Waals surface area contributed by atoms with E-state index in [9.17, 15) is 4.79 Å². The smallest absolute Gasteiger partial charge is 0.251 e. The number of rotatable bonds is 7. The number of benzene rings is 1. The molecule has 3 heteroatoms. The molecule has 0 aliphatic carbocycles. The van der Waals surface area contributed by atoms with E-state index < -0.39 is 0 Å². The predicted molar refractivity (Wildman–Crippen MR) is 80.3 cm³/mol. The monoisotopic (exact) mass is 262 g/mol. The van der Waals surface area contributed by atoms with E-state index >= 15 is 0 Å². The Bertz CT molecular complexity index is 372. The normalized spacial score (nSPS) is 12.7. The van der Waals surface area contributed by atoms with Crippen LogP contribution in [0.5, 0.6) is 0 Å². The van der Waals surface area contributed by atoms with Gasteiger partial charge < -0.3 is 10.2 Å². The summed E-state index contributed by atoms with van der Waals surface area (Å²) >= 11 is 0. The van der Waals surface area contributed by atoms with Crippen molar-refractivity contribution in [2.24, 2.45) is 5.92 Å².